The van der Waals surface area contributed by atoms with Crippen molar-refractivity contribution in [3.8, 4) is 0 Å². The van der Waals surface area contributed by atoms with Crippen LogP contribution >= 0.6 is 15.8 Å². The number of rotatable bonds is 8. The summed E-state index contributed by atoms with van der Waals surface area (Å²) in [5.41, 5.74) is 4.49. The lowest BCUT2D eigenvalue weighted by atomic mass is 9.91. The first-order chi connectivity index (χ1) is 24.1. The van der Waals surface area contributed by atoms with E-state index in [1.165, 1.54) is 32.3 Å². The van der Waals surface area contributed by atoms with Gasteiger partial charge in [0.15, 0.2) is 0 Å². The van der Waals surface area contributed by atoms with Crippen LogP contribution in [0.2, 0.25) is 0 Å². The third kappa shape index (κ3) is 6.23. The Morgan fingerprint density at radius 2 is 0.673 bits per heavy atom. The Morgan fingerprint density at radius 1 is 0.367 bits per heavy atom. The molecule has 2 aliphatic rings. The van der Waals surface area contributed by atoms with Gasteiger partial charge in [-0.25, -0.2) is 8.42 Å². The van der Waals surface area contributed by atoms with E-state index >= 15 is 8.42 Å². The van der Waals surface area contributed by atoms with E-state index in [0.29, 0.717) is 9.79 Å². The first-order valence-electron chi connectivity index (χ1n) is 17.5. The van der Waals surface area contributed by atoms with Crippen LogP contribution in [0.25, 0.3) is 0 Å². The summed E-state index contributed by atoms with van der Waals surface area (Å²) in [5, 5.41) is 6.58. The second-order valence-electron chi connectivity index (χ2n) is 13.0. The fourth-order valence-electron chi connectivity index (χ4n) is 7.78. The molecule has 0 spiro atoms. The van der Waals surface area contributed by atoms with E-state index < -0.39 is 25.7 Å². The molecule has 0 N–H and O–H groups in total. The average Bonchev–Trinajstić information content (AvgIpc) is 3.16. The van der Waals surface area contributed by atoms with E-state index in [9.17, 15) is 0 Å². The largest absolute Gasteiger partial charge is 0.218 e. The summed E-state index contributed by atoms with van der Waals surface area (Å²) in [6, 6.07) is 51.1. The van der Waals surface area contributed by atoms with Gasteiger partial charge in [-0.2, -0.15) is 0 Å². The Balaban J connectivity index is 1.45. The molecule has 2 aliphatic carbocycles. The van der Waals surface area contributed by atoms with Crippen molar-refractivity contribution in [2.45, 2.75) is 61.2 Å². The number of benzene rings is 6. The average molecular weight is 695 g/mol. The lowest BCUT2D eigenvalue weighted by molar-refractivity contribution is 0.589. The van der Waals surface area contributed by atoms with Crippen molar-refractivity contribution in [2.75, 3.05) is 0 Å². The second kappa shape index (κ2) is 14.2. The van der Waals surface area contributed by atoms with Gasteiger partial charge in [-0.1, -0.05) is 146 Å². The summed E-state index contributed by atoms with van der Waals surface area (Å²) in [7, 11) is -6.24. The van der Waals surface area contributed by atoms with Crippen molar-refractivity contribution in [1.29, 1.82) is 0 Å². The number of aryl methyl sites for hydroxylation is 2. The number of sulfone groups is 1. The van der Waals surface area contributed by atoms with Crippen molar-refractivity contribution in [1.82, 2.24) is 0 Å². The summed E-state index contributed by atoms with van der Waals surface area (Å²) in [6.45, 7) is 0. The molecule has 6 aromatic rings. The zero-order valence-corrected chi connectivity index (χ0v) is 30.2. The lowest BCUT2D eigenvalue weighted by Crippen LogP contribution is -2.32. The molecule has 0 aromatic heterocycles. The fraction of sp³-hybridized carbons (Fsp3) is 0.182. The molecule has 0 amide bonds. The molecule has 0 unspecified atom stereocenters. The van der Waals surface area contributed by atoms with Crippen LogP contribution in [-0.4, -0.2) is 8.42 Å². The standard InChI is InChI=1S/C44H40O2P2S/c45-49(46,43-39-27-15-13-17-33(39)29-31-41(43)47(35-19-5-1-6-20-35)36-21-7-2-8-22-36)44-40-28-16-14-18-34(40)30-32-42(44)48(37-23-9-3-10-24-37)38-25-11-4-12-26-38/h1-12,19-26,29-32H,13-18,27-28H2. The molecule has 0 radical (unpaired) electrons. The van der Waals surface area contributed by atoms with Gasteiger partial charge in [0.2, 0.25) is 9.84 Å². The van der Waals surface area contributed by atoms with Gasteiger partial charge in [0.25, 0.3) is 0 Å². The maximum atomic E-state index is 16.2. The highest BCUT2D eigenvalue weighted by atomic mass is 32.2. The van der Waals surface area contributed by atoms with Gasteiger partial charge in [0, 0.05) is 10.6 Å². The smallest absolute Gasteiger partial charge is 0.208 e. The normalized spacial score (nSPS) is 14.4. The van der Waals surface area contributed by atoms with Gasteiger partial charge in [-0.3, -0.25) is 0 Å². The maximum Gasteiger partial charge on any atom is 0.208 e. The molecule has 5 heteroatoms. The Kier molecular flexibility index (Phi) is 9.35. The number of hydrogen-bond donors (Lipinski definition) is 0. The summed E-state index contributed by atoms with van der Waals surface area (Å²) >= 11 is 0. The predicted octanol–water partition coefficient (Wildman–Crippen LogP) is 7.79. The Morgan fingerprint density at radius 3 is 1.00 bits per heavy atom. The first kappa shape index (κ1) is 32.3. The Bertz CT molecular complexity index is 1950. The molecule has 0 fully saturated rings. The molecule has 2 nitrogen and oxygen atoms in total. The summed E-state index contributed by atoms with van der Waals surface area (Å²) in [4.78, 5) is 1.17. The van der Waals surface area contributed by atoms with Crippen molar-refractivity contribution >= 4 is 57.5 Å². The van der Waals surface area contributed by atoms with Crippen molar-refractivity contribution in [3.05, 3.63) is 168 Å². The van der Waals surface area contributed by atoms with E-state index in [4.69, 9.17) is 0 Å². The highest BCUT2D eigenvalue weighted by molar-refractivity contribution is 7.94. The van der Waals surface area contributed by atoms with E-state index in [0.717, 1.165) is 73.1 Å². The molecule has 244 valence electrons. The molecule has 0 bridgehead atoms. The highest BCUT2D eigenvalue weighted by Crippen LogP contribution is 2.44. The first-order valence-corrected chi connectivity index (χ1v) is 21.6. The SMILES string of the molecule is O=S(=O)(c1c(P(c2ccccc2)c2ccccc2)ccc2c1CCCC2)c1c(P(c2ccccc2)c2ccccc2)ccc2c1CCCC2. The van der Waals surface area contributed by atoms with Crippen LogP contribution in [0.3, 0.4) is 0 Å². The van der Waals surface area contributed by atoms with Gasteiger partial charge in [-0.15, -0.1) is 0 Å². The molecule has 0 atom stereocenters. The zero-order valence-electron chi connectivity index (χ0n) is 27.6. The minimum absolute atomic E-state index is 0.583. The van der Waals surface area contributed by atoms with Crippen LogP contribution in [0.5, 0.6) is 0 Å². The van der Waals surface area contributed by atoms with Crippen molar-refractivity contribution in [3.63, 3.8) is 0 Å². The zero-order chi connectivity index (χ0) is 33.2. The van der Waals surface area contributed by atoms with E-state index in [1.807, 2.05) is 24.3 Å². The summed E-state index contributed by atoms with van der Waals surface area (Å²) in [5.74, 6) is 0. The molecule has 0 saturated carbocycles. The molecule has 0 saturated heterocycles. The topological polar surface area (TPSA) is 34.1 Å². The quantitative estimate of drug-likeness (QED) is 0.153. The number of fused-ring (bicyclic) bond motifs is 2. The molecular weight excluding hydrogens is 654 g/mol. The van der Waals surface area contributed by atoms with Gasteiger partial charge in [0.05, 0.1) is 9.79 Å². The highest BCUT2D eigenvalue weighted by Gasteiger charge is 2.37. The second-order valence-corrected chi connectivity index (χ2v) is 19.2. The van der Waals surface area contributed by atoms with E-state index in [-0.39, 0.29) is 0 Å². The Hall–Kier alpha value is -3.87. The van der Waals surface area contributed by atoms with Crippen LogP contribution in [-0.2, 0) is 35.5 Å². The van der Waals surface area contributed by atoms with Gasteiger partial charge in [-0.05, 0) is 111 Å². The van der Waals surface area contributed by atoms with E-state index in [1.54, 1.807) is 0 Å². The van der Waals surface area contributed by atoms with Crippen molar-refractivity contribution < 1.29 is 8.42 Å². The lowest BCUT2D eigenvalue weighted by Gasteiger charge is -2.31. The van der Waals surface area contributed by atoms with Gasteiger partial charge in [0.1, 0.15) is 0 Å². The van der Waals surface area contributed by atoms with Gasteiger partial charge >= 0.3 is 0 Å². The Labute approximate surface area is 293 Å². The summed E-state index contributed by atoms with van der Waals surface area (Å²) in [6.07, 6.45) is 7.64. The van der Waals surface area contributed by atoms with Crippen LogP contribution in [0.1, 0.15) is 47.9 Å². The molecule has 49 heavy (non-hydrogen) atoms. The molecular formula is C44H40O2P2S. The number of hydrogen-bond acceptors (Lipinski definition) is 2. The minimum atomic E-state index is -3.97. The van der Waals surface area contributed by atoms with Gasteiger partial charge < -0.3 is 0 Å². The van der Waals surface area contributed by atoms with E-state index in [2.05, 4.69) is 121 Å². The monoisotopic (exact) mass is 694 g/mol. The minimum Gasteiger partial charge on any atom is -0.218 e. The fourth-order valence-corrected chi connectivity index (χ4v) is 15.8. The molecule has 8 rings (SSSR count). The van der Waals surface area contributed by atoms with Crippen molar-refractivity contribution in [2.24, 2.45) is 0 Å². The predicted molar refractivity (Wildman–Crippen MR) is 209 cm³/mol. The third-order valence-corrected chi connectivity index (χ3v) is 17.3. The van der Waals surface area contributed by atoms with Crippen LogP contribution in [0.4, 0.5) is 0 Å². The maximum absolute atomic E-state index is 16.2. The van der Waals surface area contributed by atoms with Crippen LogP contribution in [0, 0.1) is 0 Å². The van der Waals surface area contributed by atoms with Crippen LogP contribution in [0.15, 0.2) is 155 Å². The molecule has 6 aromatic carbocycles. The molecule has 0 heterocycles. The molecule has 0 aliphatic heterocycles. The summed E-state index contributed by atoms with van der Waals surface area (Å²) < 4.78 is 32.3. The van der Waals surface area contributed by atoms with Crippen LogP contribution < -0.4 is 31.8 Å². The third-order valence-electron chi connectivity index (χ3n) is 10.00.